The molecule has 0 unspecified atom stereocenters. The largest absolute Gasteiger partial charge is 0.360 e. The van der Waals surface area contributed by atoms with Gasteiger partial charge >= 0.3 is 0 Å². The second kappa shape index (κ2) is 7.11. The number of hydrogen-bond acceptors (Lipinski definition) is 5. The van der Waals surface area contributed by atoms with E-state index < -0.39 is 16.1 Å². The van der Waals surface area contributed by atoms with Crippen LogP contribution in [0.1, 0.15) is 40.4 Å². The van der Waals surface area contributed by atoms with Gasteiger partial charge in [-0.25, -0.2) is 8.42 Å². The number of aromatic nitrogens is 1. The zero-order valence-corrected chi connectivity index (χ0v) is 15.9. The zero-order chi connectivity index (χ0) is 18.0. The molecule has 1 atom stereocenters. The molecule has 0 aliphatic carbocycles. The molecular weight excluding hydrogens is 356 g/mol. The van der Waals surface area contributed by atoms with E-state index in [-0.39, 0.29) is 10.7 Å². The van der Waals surface area contributed by atoms with Crippen molar-refractivity contribution in [2.45, 2.75) is 38.1 Å². The van der Waals surface area contributed by atoms with Gasteiger partial charge in [0.15, 0.2) is 5.76 Å². The Morgan fingerprint density at radius 1 is 1.20 bits per heavy atom. The number of nitrogens with zero attached hydrogens (tertiary/aromatic N) is 1. The molecule has 0 radical (unpaired) electrons. The zero-order valence-electron chi connectivity index (χ0n) is 14.3. The van der Waals surface area contributed by atoms with Crippen LogP contribution in [0.5, 0.6) is 0 Å². The topological polar surface area (TPSA) is 72.2 Å². The van der Waals surface area contributed by atoms with E-state index in [9.17, 15) is 8.42 Å². The van der Waals surface area contributed by atoms with Gasteiger partial charge in [0.2, 0.25) is 10.0 Å². The minimum absolute atomic E-state index is 0.110. The molecule has 1 N–H and O–H groups in total. The van der Waals surface area contributed by atoms with Crippen molar-refractivity contribution in [3.63, 3.8) is 0 Å². The molecule has 2 heterocycles. The van der Waals surface area contributed by atoms with Crippen molar-refractivity contribution in [2.75, 3.05) is 0 Å². The molecule has 0 aliphatic rings. The van der Waals surface area contributed by atoms with Gasteiger partial charge in [-0.3, -0.25) is 0 Å². The maximum atomic E-state index is 12.9. The third-order valence-electron chi connectivity index (χ3n) is 4.06. The summed E-state index contributed by atoms with van der Waals surface area (Å²) in [6.45, 7) is 5.32. The maximum Gasteiger partial charge on any atom is 0.246 e. The van der Waals surface area contributed by atoms with Crippen LogP contribution < -0.4 is 4.72 Å². The van der Waals surface area contributed by atoms with E-state index in [4.69, 9.17) is 4.52 Å². The Hall–Kier alpha value is -1.96. The lowest BCUT2D eigenvalue weighted by Gasteiger charge is -2.18. The highest BCUT2D eigenvalue weighted by molar-refractivity contribution is 7.89. The van der Waals surface area contributed by atoms with E-state index in [0.29, 0.717) is 5.69 Å². The number of thiophene rings is 1. The number of nitrogens with one attached hydrogen (secondary N) is 1. The predicted octanol–water partition coefficient (Wildman–Crippen LogP) is 3.98. The molecule has 0 aliphatic heterocycles. The summed E-state index contributed by atoms with van der Waals surface area (Å²) >= 11 is 1.52. The minimum Gasteiger partial charge on any atom is -0.360 e. The van der Waals surface area contributed by atoms with Crippen molar-refractivity contribution in [3.05, 3.63) is 69.2 Å². The van der Waals surface area contributed by atoms with Gasteiger partial charge in [-0.2, -0.15) is 4.72 Å². The normalized spacial score (nSPS) is 13.1. The van der Waals surface area contributed by atoms with Gasteiger partial charge in [-0.05, 0) is 42.8 Å². The van der Waals surface area contributed by atoms with E-state index in [0.717, 1.165) is 16.9 Å². The van der Waals surface area contributed by atoms with Crippen LogP contribution in [0, 0.1) is 13.8 Å². The molecule has 0 spiro atoms. The van der Waals surface area contributed by atoms with E-state index in [1.54, 1.807) is 13.8 Å². The predicted molar refractivity (Wildman–Crippen MR) is 98.3 cm³/mol. The number of aryl methyl sites for hydroxylation is 3. The fourth-order valence-electron chi connectivity index (χ4n) is 2.76. The van der Waals surface area contributed by atoms with Gasteiger partial charge in [0.25, 0.3) is 0 Å². The summed E-state index contributed by atoms with van der Waals surface area (Å²) in [5.41, 5.74) is 2.47. The number of sulfonamides is 1. The van der Waals surface area contributed by atoms with Crippen molar-refractivity contribution < 1.29 is 12.9 Å². The molecule has 5 nitrogen and oxygen atoms in total. The first kappa shape index (κ1) is 17.8. The lowest BCUT2D eigenvalue weighted by molar-refractivity contribution is 0.390. The van der Waals surface area contributed by atoms with Crippen molar-refractivity contribution >= 4 is 21.4 Å². The van der Waals surface area contributed by atoms with Crippen molar-refractivity contribution in [2.24, 2.45) is 0 Å². The van der Waals surface area contributed by atoms with Crippen molar-refractivity contribution in [1.29, 1.82) is 0 Å². The molecule has 1 aromatic carbocycles. The van der Waals surface area contributed by atoms with Gasteiger partial charge in [-0.15, -0.1) is 11.3 Å². The van der Waals surface area contributed by atoms with Crippen molar-refractivity contribution in [3.8, 4) is 0 Å². The van der Waals surface area contributed by atoms with Gasteiger partial charge < -0.3 is 4.52 Å². The fourth-order valence-corrected chi connectivity index (χ4v) is 5.17. The maximum absolute atomic E-state index is 12.9. The lowest BCUT2D eigenvalue weighted by Crippen LogP contribution is -2.29. The molecule has 3 rings (SSSR count). The number of benzene rings is 1. The summed E-state index contributed by atoms with van der Waals surface area (Å²) in [5.74, 6) is 0.288. The van der Waals surface area contributed by atoms with Gasteiger partial charge in [-0.1, -0.05) is 42.4 Å². The highest BCUT2D eigenvalue weighted by Crippen LogP contribution is 2.29. The second-order valence-electron chi connectivity index (χ2n) is 5.82. The number of rotatable bonds is 6. The number of hydrogen-bond donors (Lipinski definition) is 1. The fraction of sp³-hybridized carbons (Fsp3) is 0.278. The smallest absolute Gasteiger partial charge is 0.246 e. The molecule has 0 bridgehead atoms. The van der Waals surface area contributed by atoms with Crippen LogP contribution in [0.25, 0.3) is 0 Å². The van der Waals surface area contributed by atoms with E-state index >= 15 is 0 Å². The average molecular weight is 377 g/mol. The SMILES string of the molecule is CCc1ccc([C@H](NS(=O)(=O)c2c(C)noc2C)c2cccs2)cc1. The Morgan fingerprint density at radius 2 is 1.92 bits per heavy atom. The molecule has 7 heteroatoms. The van der Waals surface area contributed by atoms with Gasteiger partial charge in [0, 0.05) is 4.88 Å². The van der Waals surface area contributed by atoms with Crippen LogP contribution in [-0.2, 0) is 16.4 Å². The summed E-state index contributed by atoms with van der Waals surface area (Å²) in [5, 5.41) is 5.69. The summed E-state index contributed by atoms with van der Waals surface area (Å²) in [7, 11) is -3.77. The second-order valence-corrected chi connectivity index (χ2v) is 8.45. The van der Waals surface area contributed by atoms with E-state index in [2.05, 4.69) is 16.8 Å². The van der Waals surface area contributed by atoms with Crippen LogP contribution in [0.4, 0.5) is 0 Å². The Kier molecular flexibility index (Phi) is 5.08. The van der Waals surface area contributed by atoms with Gasteiger partial charge in [0.05, 0.1) is 6.04 Å². The summed E-state index contributed by atoms with van der Waals surface area (Å²) in [6.07, 6.45) is 0.939. The molecule has 3 aromatic rings. The van der Waals surface area contributed by atoms with Crippen molar-refractivity contribution in [1.82, 2.24) is 9.88 Å². The Bertz CT molecular complexity index is 923. The first-order chi connectivity index (χ1) is 11.9. The minimum atomic E-state index is -3.77. The van der Waals surface area contributed by atoms with Gasteiger partial charge in [0.1, 0.15) is 10.6 Å². The Labute approximate surface area is 151 Å². The third kappa shape index (κ3) is 3.68. The van der Waals surface area contributed by atoms with Crippen LogP contribution in [-0.4, -0.2) is 13.6 Å². The third-order valence-corrected chi connectivity index (χ3v) is 6.66. The van der Waals surface area contributed by atoms with Crippen LogP contribution in [0.15, 0.2) is 51.2 Å². The molecular formula is C18H20N2O3S2. The van der Waals surface area contributed by atoms with E-state index in [1.165, 1.54) is 16.9 Å². The highest BCUT2D eigenvalue weighted by Gasteiger charge is 2.29. The Morgan fingerprint density at radius 3 is 2.44 bits per heavy atom. The average Bonchev–Trinajstić information content (AvgIpc) is 3.23. The lowest BCUT2D eigenvalue weighted by atomic mass is 10.0. The quantitative estimate of drug-likeness (QED) is 0.706. The first-order valence-corrected chi connectivity index (χ1v) is 10.4. The van der Waals surface area contributed by atoms with E-state index in [1.807, 2.05) is 41.8 Å². The molecule has 0 saturated carbocycles. The standard InChI is InChI=1S/C18H20N2O3S2/c1-4-14-7-9-15(10-8-14)17(16-6-5-11-24-16)20-25(21,22)18-12(2)19-23-13(18)3/h5-11,17,20H,4H2,1-3H3/t17-/m0/s1. The highest BCUT2D eigenvalue weighted by atomic mass is 32.2. The summed E-state index contributed by atoms with van der Waals surface area (Å²) < 4.78 is 33.7. The molecule has 25 heavy (non-hydrogen) atoms. The Balaban J connectivity index is 2.01. The summed E-state index contributed by atoms with van der Waals surface area (Å²) in [4.78, 5) is 1.04. The van der Waals surface area contributed by atoms with Crippen LogP contribution in [0.2, 0.25) is 0 Å². The molecule has 132 valence electrons. The molecule has 2 aromatic heterocycles. The summed E-state index contributed by atoms with van der Waals surface area (Å²) in [6, 6.07) is 11.4. The first-order valence-electron chi connectivity index (χ1n) is 8.00. The monoisotopic (exact) mass is 376 g/mol. The molecule has 0 saturated heterocycles. The molecule has 0 fully saturated rings. The van der Waals surface area contributed by atoms with Crippen LogP contribution in [0.3, 0.4) is 0 Å². The molecule has 0 amide bonds. The van der Waals surface area contributed by atoms with Crippen LogP contribution >= 0.6 is 11.3 Å².